The summed E-state index contributed by atoms with van der Waals surface area (Å²) in [5.74, 6) is 0.0484. The van der Waals surface area contributed by atoms with E-state index in [0.717, 1.165) is 46.4 Å². The smallest absolute Gasteiger partial charge is 0.314 e. The van der Waals surface area contributed by atoms with Gasteiger partial charge in [0.1, 0.15) is 0 Å². The Morgan fingerprint density at radius 2 is 1.62 bits per heavy atom. The van der Waals surface area contributed by atoms with Crippen LogP contribution in [0.15, 0.2) is 53.1 Å². The van der Waals surface area contributed by atoms with Crippen LogP contribution in [0.1, 0.15) is 48.9 Å². The average Bonchev–Trinajstić information content (AvgIpc) is 3.72. The van der Waals surface area contributed by atoms with Gasteiger partial charge in [0.2, 0.25) is 5.91 Å². The minimum atomic E-state index is -0.738. The van der Waals surface area contributed by atoms with E-state index in [-0.39, 0.29) is 5.91 Å². The largest absolute Gasteiger partial charge is 0.481 e. The van der Waals surface area contributed by atoms with Crippen molar-refractivity contribution in [3.05, 3.63) is 65.4 Å². The lowest BCUT2D eigenvalue weighted by Crippen LogP contribution is -2.25. The number of nitrogens with zero attached hydrogens (tertiary/aromatic N) is 1. The molecule has 0 aliphatic heterocycles. The second kappa shape index (κ2) is 7.93. The Morgan fingerprint density at radius 1 is 1.03 bits per heavy atom. The van der Waals surface area contributed by atoms with E-state index in [0.29, 0.717) is 37.5 Å². The first kappa shape index (κ1) is 20.5. The van der Waals surface area contributed by atoms with Gasteiger partial charge in [0, 0.05) is 23.6 Å². The molecular weight excluding hydrogens is 404 g/mol. The van der Waals surface area contributed by atoms with Gasteiger partial charge in [0.15, 0.2) is 5.76 Å². The number of carbonyl (C=O) groups is 2. The van der Waals surface area contributed by atoms with Crippen molar-refractivity contribution < 1.29 is 19.2 Å². The van der Waals surface area contributed by atoms with Crippen molar-refractivity contribution in [1.29, 1.82) is 0 Å². The lowest BCUT2D eigenvalue weighted by Gasteiger charge is -2.11. The van der Waals surface area contributed by atoms with Crippen molar-refractivity contribution in [3.8, 4) is 22.5 Å². The predicted molar refractivity (Wildman–Crippen MR) is 120 cm³/mol. The molecule has 2 fully saturated rings. The Bertz CT molecular complexity index is 1150. The van der Waals surface area contributed by atoms with Crippen molar-refractivity contribution >= 4 is 11.9 Å². The van der Waals surface area contributed by atoms with Crippen LogP contribution in [0.4, 0.5) is 0 Å². The van der Waals surface area contributed by atoms with Crippen molar-refractivity contribution in [1.82, 2.24) is 10.5 Å². The average molecular weight is 431 g/mol. The maximum absolute atomic E-state index is 12.1. The number of carboxylic acids is 1. The maximum Gasteiger partial charge on any atom is 0.314 e. The summed E-state index contributed by atoms with van der Waals surface area (Å²) in [4.78, 5) is 23.6. The number of hydrogen-bond donors (Lipinski definition) is 2. The van der Waals surface area contributed by atoms with E-state index in [1.165, 1.54) is 0 Å². The fraction of sp³-hybridized carbons (Fsp3) is 0.346. The molecule has 1 heterocycles. The van der Waals surface area contributed by atoms with E-state index in [1.807, 2.05) is 55.5 Å². The summed E-state index contributed by atoms with van der Waals surface area (Å²) in [5, 5.41) is 16.6. The Balaban J connectivity index is 1.31. The van der Waals surface area contributed by atoms with Gasteiger partial charge in [-0.1, -0.05) is 53.7 Å². The first-order chi connectivity index (χ1) is 15.5. The first-order valence-electron chi connectivity index (χ1n) is 11.2. The number of aryl methyl sites for hydroxylation is 1. The van der Waals surface area contributed by atoms with E-state index >= 15 is 0 Å². The van der Waals surface area contributed by atoms with Gasteiger partial charge < -0.3 is 14.9 Å². The quantitative estimate of drug-likeness (QED) is 0.543. The second-order valence-corrected chi connectivity index (χ2v) is 8.96. The van der Waals surface area contributed by atoms with E-state index < -0.39 is 11.4 Å². The van der Waals surface area contributed by atoms with E-state index in [2.05, 4.69) is 10.5 Å². The SMILES string of the molecule is Cc1noc(-c2ccc(-c3ccc(C4(C(=O)O)CC4)cc3)cc2)c1CCC(=O)NC1CC1. The Morgan fingerprint density at radius 3 is 2.19 bits per heavy atom. The molecule has 6 nitrogen and oxygen atoms in total. The van der Waals surface area contributed by atoms with Gasteiger partial charge in [-0.15, -0.1) is 0 Å². The lowest BCUT2D eigenvalue weighted by molar-refractivity contribution is -0.140. The summed E-state index contributed by atoms with van der Waals surface area (Å²) >= 11 is 0. The van der Waals surface area contributed by atoms with Crippen molar-refractivity contribution in [3.63, 3.8) is 0 Å². The number of hydrogen-bond acceptors (Lipinski definition) is 4. The van der Waals surface area contributed by atoms with Gasteiger partial charge >= 0.3 is 5.97 Å². The van der Waals surface area contributed by atoms with Gasteiger partial charge in [-0.2, -0.15) is 0 Å². The highest BCUT2D eigenvalue weighted by Gasteiger charge is 2.51. The molecule has 32 heavy (non-hydrogen) atoms. The molecule has 3 aromatic rings. The minimum Gasteiger partial charge on any atom is -0.481 e. The standard InChI is InChI=1S/C26H26N2O4/c1-16-22(12-13-23(29)27-21-10-11-21)24(32-28-16)19-4-2-17(3-5-19)18-6-8-20(9-7-18)26(14-15-26)25(30)31/h2-9,21H,10-15H2,1H3,(H,27,29)(H,30,31). The monoisotopic (exact) mass is 430 g/mol. The van der Waals surface area contributed by atoms with Crippen LogP contribution in [0.25, 0.3) is 22.5 Å². The minimum absolute atomic E-state index is 0.0775. The normalized spacial score (nSPS) is 16.5. The molecule has 0 saturated heterocycles. The van der Waals surface area contributed by atoms with Crippen LogP contribution in [0.2, 0.25) is 0 Å². The van der Waals surface area contributed by atoms with Crippen LogP contribution in [-0.4, -0.2) is 28.2 Å². The van der Waals surface area contributed by atoms with Gasteiger partial charge in [-0.25, -0.2) is 0 Å². The van der Waals surface area contributed by atoms with Crippen LogP contribution in [-0.2, 0) is 21.4 Å². The molecular formula is C26H26N2O4. The van der Waals surface area contributed by atoms with Crippen LogP contribution in [0.5, 0.6) is 0 Å². The fourth-order valence-electron chi connectivity index (χ4n) is 4.22. The third-order valence-corrected chi connectivity index (χ3v) is 6.61. The number of aromatic nitrogens is 1. The number of benzene rings is 2. The van der Waals surface area contributed by atoms with Crippen LogP contribution < -0.4 is 5.32 Å². The number of carboxylic acid groups (broad SMARTS) is 1. The highest BCUT2D eigenvalue weighted by Crippen LogP contribution is 2.48. The zero-order valence-corrected chi connectivity index (χ0v) is 18.1. The maximum atomic E-state index is 12.1. The van der Waals surface area contributed by atoms with Crippen LogP contribution in [0.3, 0.4) is 0 Å². The molecule has 0 bridgehead atoms. The molecule has 164 valence electrons. The van der Waals surface area contributed by atoms with Gasteiger partial charge in [0.25, 0.3) is 0 Å². The van der Waals surface area contributed by atoms with Crippen molar-refractivity contribution in [2.24, 2.45) is 0 Å². The van der Waals surface area contributed by atoms with Crippen LogP contribution >= 0.6 is 0 Å². The molecule has 6 heteroatoms. The van der Waals surface area contributed by atoms with Gasteiger partial charge in [0.05, 0.1) is 11.1 Å². The summed E-state index contributed by atoms with van der Waals surface area (Å²) in [5.41, 5.74) is 4.97. The molecule has 5 rings (SSSR count). The fourth-order valence-corrected chi connectivity index (χ4v) is 4.22. The topological polar surface area (TPSA) is 92.4 Å². The van der Waals surface area contributed by atoms with Gasteiger partial charge in [-0.3, -0.25) is 9.59 Å². The Labute approximate surface area is 186 Å². The number of nitrogens with one attached hydrogen (secondary N) is 1. The number of amides is 1. The molecule has 0 spiro atoms. The first-order valence-corrected chi connectivity index (χ1v) is 11.2. The Kier molecular flexibility index (Phi) is 5.08. The molecule has 0 unspecified atom stereocenters. The molecule has 2 saturated carbocycles. The molecule has 1 amide bonds. The van der Waals surface area contributed by atoms with E-state index in [4.69, 9.17) is 4.52 Å². The summed E-state index contributed by atoms with van der Waals surface area (Å²) in [6.45, 7) is 1.90. The number of rotatable bonds is 8. The highest BCUT2D eigenvalue weighted by molar-refractivity contribution is 5.85. The number of aliphatic carboxylic acids is 1. The van der Waals surface area contributed by atoms with E-state index in [9.17, 15) is 14.7 Å². The number of carbonyl (C=O) groups excluding carboxylic acids is 1. The molecule has 2 aliphatic carbocycles. The third kappa shape index (κ3) is 3.93. The predicted octanol–water partition coefficient (Wildman–Crippen LogP) is 4.64. The highest BCUT2D eigenvalue weighted by atomic mass is 16.5. The zero-order chi connectivity index (χ0) is 22.3. The molecule has 2 aliphatic rings. The van der Waals surface area contributed by atoms with Crippen molar-refractivity contribution in [2.45, 2.75) is 56.9 Å². The molecule has 2 aromatic carbocycles. The zero-order valence-electron chi connectivity index (χ0n) is 18.1. The van der Waals surface area contributed by atoms with Crippen molar-refractivity contribution in [2.75, 3.05) is 0 Å². The molecule has 0 radical (unpaired) electrons. The molecule has 0 atom stereocenters. The third-order valence-electron chi connectivity index (χ3n) is 6.61. The molecule has 1 aromatic heterocycles. The Hall–Kier alpha value is -3.41. The summed E-state index contributed by atoms with van der Waals surface area (Å²) in [6, 6.07) is 16.2. The molecule has 2 N–H and O–H groups in total. The summed E-state index contributed by atoms with van der Waals surface area (Å²) < 4.78 is 5.60. The van der Waals surface area contributed by atoms with E-state index in [1.54, 1.807) is 0 Å². The summed E-state index contributed by atoms with van der Waals surface area (Å²) in [6.07, 6.45) is 4.60. The lowest BCUT2D eigenvalue weighted by atomic mass is 9.93. The van der Waals surface area contributed by atoms with Crippen LogP contribution in [0, 0.1) is 6.92 Å². The second-order valence-electron chi connectivity index (χ2n) is 8.96. The summed E-state index contributed by atoms with van der Waals surface area (Å²) in [7, 11) is 0. The van der Waals surface area contributed by atoms with Gasteiger partial charge in [-0.05, 0) is 55.7 Å².